The molecule has 0 aliphatic carbocycles. The van der Waals surface area contributed by atoms with Crippen molar-refractivity contribution in [3.8, 4) is 0 Å². The Kier molecular flexibility index (Phi) is 5.51. The van der Waals surface area contributed by atoms with Gasteiger partial charge >= 0.3 is 0 Å². The molecule has 0 saturated carbocycles. The highest BCUT2D eigenvalue weighted by atomic mass is 79.9. The number of hydrogen-bond donors (Lipinski definition) is 2. The van der Waals surface area contributed by atoms with Gasteiger partial charge in [0.15, 0.2) is 0 Å². The zero-order valence-corrected chi connectivity index (χ0v) is 12.7. The quantitative estimate of drug-likeness (QED) is 0.855. The van der Waals surface area contributed by atoms with Gasteiger partial charge in [-0.25, -0.2) is 4.39 Å². The summed E-state index contributed by atoms with van der Waals surface area (Å²) in [5.74, 6) is -0.404. The standard InChI is InChI=1S/C14H18BrFN2O2/c15-10-1-3-12(16)9(7-10)5-6-18-14(19)13-4-2-11(8-17)20-13/h1,3,7,11,13H,2,4-6,8,17H2,(H,18,19)/t11-,13+/m1/s1. The van der Waals surface area contributed by atoms with Gasteiger partial charge in [-0.2, -0.15) is 0 Å². The minimum atomic E-state index is -0.420. The molecule has 1 aromatic carbocycles. The van der Waals surface area contributed by atoms with E-state index in [9.17, 15) is 9.18 Å². The zero-order chi connectivity index (χ0) is 14.5. The number of nitrogens with two attached hydrogens (primary N) is 1. The molecule has 3 N–H and O–H groups in total. The Balaban J connectivity index is 1.78. The molecule has 1 aliphatic heterocycles. The van der Waals surface area contributed by atoms with E-state index >= 15 is 0 Å². The van der Waals surface area contributed by atoms with E-state index in [1.807, 2.05) is 0 Å². The van der Waals surface area contributed by atoms with Gasteiger partial charge < -0.3 is 15.8 Å². The predicted octanol–water partition coefficient (Wildman–Crippen LogP) is 1.75. The van der Waals surface area contributed by atoms with E-state index in [0.29, 0.717) is 31.5 Å². The second kappa shape index (κ2) is 7.15. The van der Waals surface area contributed by atoms with Gasteiger partial charge in [0, 0.05) is 17.6 Å². The molecule has 1 aromatic rings. The van der Waals surface area contributed by atoms with Crippen LogP contribution in [0.2, 0.25) is 0 Å². The highest BCUT2D eigenvalue weighted by Gasteiger charge is 2.29. The third-order valence-corrected chi connectivity index (χ3v) is 3.86. The van der Waals surface area contributed by atoms with Crippen molar-refractivity contribution in [3.63, 3.8) is 0 Å². The van der Waals surface area contributed by atoms with E-state index in [1.165, 1.54) is 6.07 Å². The highest BCUT2D eigenvalue weighted by Crippen LogP contribution is 2.19. The summed E-state index contributed by atoms with van der Waals surface area (Å²) in [5, 5.41) is 2.78. The molecule has 1 heterocycles. The van der Waals surface area contributed by atoms with Crippen LogP contribution in [0, 0.1) is 5.82 Å². The lowest BCUT2D eigenvalue weighted by molar-refractivity contribution is -0.131. The predicted molar refractivity (Wildman–Crippen MR) is 77.8 cm³/mol. The molecule has 2 rings (SSSR count). The summed E-state index contributed by atoms with van der Waals surface area (Å²) < 4.78 is 19.8. The first kappa shape index (κ1) is 15.4. The van der Waals surface area contributed by atoms with Crippen molar-refractivity contribution >= 4 is 21.8 Å². The summed E-state index contributed by atoms with van der Waals surface area (Å²) in [4.78, 5) is 11.9. The number of nitrogens with one attached hydrogen (secondary N) is 1. The molecule has 0 bridgehead atoms. The van der Waals surface area contributed by atoms with Crippen LogP contribution in [-0.2, 0) is 16.0 Å². The summed E-state index contributed by atoms with van der Waals surface area (Å²) in [5.41, 5.74) is 6.08. The molecule has 1 amide bonds. The number of carbonyl (C=O) groups excluding carboxylic acids is 1. The molecule has 4 nitrogen and oxygen atoms in total. The van der Waals surface area contributed by atoms with Gasteiger partial charge in [-0.1, -0.05) is 15.9 Å². The Morgan fingerprint density at radius 1 is 1.50 bits per heavy atom. The van der Waals surface area contributed by atoms with Gasteiger partial charge in [-0.15, -0.1) is 0 Å². The molecular formula is C14H18BrFN2O2. The summed E-state index contributed by atoms with van der Waals surface area (Å²) >= 11 is 3.30. The molecule has 0 unspecified atom stereocenters. The molecule has 1 aliphatic rings. The van der Waals surface area contributed by atoms with Crippen LogP contribution in [0.4, 0.5) is 4.39 Å². The van der Waals surface area contributed by atoms with Crippen molar-refractivity contribution < 1.29 is 13.9 Å². The van der Waals surface area contributed by atoms with E-state index in [2.05, 4.69) is 21.2 Å². The fourth-order valence-electron chi connectivity index (χ4n) is 2.24. The Hall–Kier alpha value is -0.980. The van der Waals surface area contributed by atoms with Crippen molar-refractivity contribution in [1.82, 2.24) is 5.32 Å². The van der Waals surface area contributed by atoms with Crippen LogP contribution < -0.4 is 11.1 Å². The number of halogens is 2. The first-order chi connectivity index (χ1) is 9.60. The zero-order valence-electron chi connectivity index (χ0n) is 11.1. The van der Waals surface area contributed by atoms with Gasteiger partial charge in [0.25, 0.3) is 0 Å². The molecule has 6 heteroatoms. The number of ether oxygens (including phenoxy) is 1. The van der Waals surface area contributed by atoms with E-state index in [4.69, 9.17) is 10.5 Å². The number of carbonyl (C=O) groups is 1. The number of hydrogen-bond acceptors (Lipinski definition) is 3. The van der Waals surface area contributed by atoms with Crippen LogP contribution in [0.15, 0.2) is 22.7 Å². The Morgan fingerprint density at radius 2 is 2.30 bits per heavy atom. The average molecular weight is 345 g/mol. The van der Waals surface area contributed by atoms with Gasteiger partial charge in [-0.3, -0.25) is 4.79 Å². The topological polar surface area (TPSA) is 64.4 Å². The van der Waals surface area contributed by atoms with E-state index in [1.54, 1.807) is 12.1 Å². The normalized spacial score (nSPS) is 21.9. The number of rotatable bonds is 5. The van der Waals surface area contributed by atoms with Crippen LogP contribution >= 0.6 is 15.9 Å². The van der Waals surface area contributed by atoms with Gasteiger partial charge in [0.2, 0.25) is 5.91 Å². The van der Waals surface area contributed by atoms with Gasteiger partial charge in [0.1, 0.15) is 11.9 Å². The largest absolute Gasteiger partial charge is 0.364 e. The fraction of sp³-hybridized carbons (Fsp3) is 0.500. The smallest absolute Gasteiger partial charge is 0.249 e. The summed E-state index contributed by atoms with van der Waals surface area (Å²) in [6.45, 7) is 0.826. The van der Waals surface area contributed by atoms with Crippen molar-refractivity contribution in [2.75, 3.05) is 13.1 Å². The van der Waals surface area contributed by atoms with Crippen molar-refractivity contribution in [2.45, 2.75) is 31.5 Å². The van der Waals surface area contributed by atoms with Crippen LogP contribution in [0.3, 0.4) is 0 Å². The average Bonchev–Trinajstić information content (AvgIpc) is 2.91. The first-order valence-electron chi connectivity index (χ1n) is 6.67. The van der Waals surface area contributed by atoms with E-state index in [0.717, 1.165) is 10.9 Å². The second-order valence-electron chi connectivity index (χ2n) is 4.84. The van der Waals surface area contributed by atoms with E-state index in [-0.39, 0.29) is 17.8 Å². The van der Waals surface area contributed by atoms with Crippen molar-refractivity contribution in [3.05, 3.63) is 34.1 Å². The minimum absolute atomic E-state index is 0.0201. The van der Waals surface area contributed by atoms with Crippen molar-refractivity contribution in [2.24, 2.45) is 5.73 Å². The fourth-order valence-corrected chi connectivity index (χ4v) is 2.65. The maximum atomic E-state index is 13.5. The number of benzene rings is 1. The van der Waals surface area contributed by atoms with E-state index < -0.39 is 6.10 Å². The Morgan fingerprint density at radius 3 is 3.00 bits per heavy atom. The maximum Gasteiger partial charge on any atom is 0.249 e. The SMILES string of the molecule is NC[C@H]1CC[C@@H](C(=O)NCCc2cc(Br)ccc2F)O1. The first-order valence-corrected chi connectivity index (χ1v) is 7.46. The Labute approximate surface area is 126 Å². The summed E-state index contributed by atoms with van der Waals surface area (Å²) in [6.07, 6.45) is 1.52. The van der Waals surface area contributed by atoms with Gasteiger partial charge in [0.05, 0.1) is 6.10 Å². The molecule has 1 fully saturated rings. The monoisotopic (exact) mass is 344 g/mol. The lowest BCUT2D eigenvalue weighted by atomic mass is 10.1. The van der Waals surface area contributed by atoms with Crippen LogP contribution in [0.25, 0.3) is 0 Å². The molecule has 1 saturated heterocycles. The van der Waals surface area contributed by atoms with Crippen LogP contribution in [0.5, 0.6) is 0 Å². The van der Waals surface area contributed by atoms with Gasteiger partial charge in [-0.05, 0) is 43.0 Å². The second-order valence-corrected chi connectivity index (χ2v) is 5.75. The van der Waals surface area contributed by atoms with Crippen LogP contribution in [0.1, 0.15) is 18.4 Å². The molecular weight excluding hydrogens is 327 g/mol. The van der Waals surface area contributed by atoms with Crippen molar-refractivity contribution in [1.29, 1.82) is 0 Å². The molecule has 0 radical (unpaired) electrons. The minimum Gasteiger partial charge on any atom is -0.364 e. The maximum absolute atomic E-state index is 13.5. The molecule has 0 aromatic heterocycles. The molecule has 20 heavy (non-hydrogen) atoms. The van der Waals surface area contributed by atoms with Crippen LogP contribution in [-0.4, -0.2) is 31.2 Å². The third kappa shape index (κ3) is 4.01. The molecule has 0 spiro atoms. The number of amides is 1. The molecule has 110 valence electrons. The Bertz CT molecular complexity index is 484. The molecule has 2 atom stereocenters. The summed E-state index contributed by atoms with van der Waals surface area (Å²) in [7, 11) is 0. The highest BCUT2D eigenvalue weighted by molar-refractivity contribution is 9.10. The lowest BCUT2D eigenvalue weighted by Gasteiger charge is -2.13. The third-order valence-electron chi connectivity index (χ3n) is 3.36. The lowest BCUT2D eigenvalue weighted by Crippen LogP contribution is -2.36. The summed E-state index contributed by atoms with van der Waals surface area (Å²) in [6, 6.07) is 4.78.